The molecule has 0 aromatic heterocycles. The van der Waals surface area contributed by atoms with Crippen LogP contribution in [-0.4, -0.2) is 51.9 Å². The van der Waals surface area contributed by atoms with E-state index in [2.05, 4.69) is 16.0 Å². The molecule has 4 aromatic carbocycles. The van der Waals surface area contributed by atoms with Crippen LogP contribution in [0.5, 0.6) is 23.0 Å². The first-order valence-corrected chi connectivity index (χ1v) is 14.7. The van der Waals surface area contributed by atoms with Gasteiger partial charge in [-0.25, -0.2) is 0 Å². The number of nitrogens with one attached hydrogen (secondary N) is 3. The van der Waals surface area contributed by atoms with E-state index in [9.17, 15) is 14.4 Å². The summed E-state index contributed by atoms with van der Waals surface area (Å²) in [6.45, 7) is 0. The van der Waals surface area contributed by atoms with Crippen molar-refractivity contribution < 1.29 is 33.3 Å². The molecule has 0 radical (unpaired) electrons. The van der Waals surface area contributed by atoms with Crippen LogP contribution in [0.1, 0.15) is 15.9 Å². The fourth-order valence-electron chi connectivity index (χ4n) is 4.18. The van der Waals surface area contributed by atoms with Crippen molar-refractivity contribution in [2.75, 3.05) is 44.8 Å². The van der Waals surface area contributed by atoms with Crippen LogP contribution in [0, 0.1) is 0 Å². The fourth-order valence-corrected chi connectivity index (χ4v) is 4.93. The molecule has 0 fully saturated rings. The summed E-state index contributed by atoms with van der Waals surface area (Å²) >= 11 is 1.32. The van der Waals surface area contributed by atoms with Gasteiger partial charge >= 0.3 is 0 Å². The average molecular weight is 628 g/mol. The normalized spacial score (nSPS) is 10.8. The maximum atomic E-state index is 13.6. The fraction of sp³-hybridized carbons (Fsp3) is 0.147. The van der Waals surface area contributed by atoms with Gasteiger partial charge in [-0.1, -0.05) is 24.3 Å². The summed E-state index contributed by atoms with van der Waals surface area (Å²) < 4.78 is 21.4. The van der Waals surface area contributed by atoms with Gasteiger partial charge in [-0.3, -0.25) is 14.4 Å². The first kappa shape index (κ1) is 32.5. The Balaban J connectivity index is 1.52. The summed E-state index contributed by atoms with van der Waals surface area (Å²) in [6, 6.07) is 26.0. The molecule has 0 bridgehead atoms. The molecule has 4 aromatic rings. The van der Waals surface area contributed by atoms with Crippen molar-refractivity contribution in [3.63, 3.8) is 0 Å². The number of hydrogen-bond acceptors (Lipinski definition) is 8. The quantitative estimate of drug-likeness (QED) is 0.124. The van der Waals surface area contributed by atoms with Crippen LogP contribution in [0.3, 0.4) is 0 Å². The lowest BCUT2D eigenvalue weighted by atomic mass is 10.1. The van der Waals surface area contributed by atoms with Crippen molar-refractivity contribution in [1.82, 2.24) is 5.32 Å². The molecule has 0 aliphatic rings. The van der Waals surface area contributed by atoms with Gasteiger partial charge in [0, 0.05) is 21.8 Å². The summed E-state index contributed by atoms with van der Waals surface area (Å²) in [7, 11) is 6.05. The highest BCUT2D eigenvalue weighted by molar-refractivity contribution is 8.00. The number of rotatable bonds is 13. The second kappa shape index (κ2) is 15.9. The minimum Gasteiger partial charge on any atom is -0.497 e. The van der Waals surface area contributed by atoms with Crippen LogP contribution >= 0.6 is 11.8 Å². The van der Waals surface area contributed by atoms with Gasteiger partial charge in [0.05, 0.1) is 34.2 Å². The lowest BCUT2D eigenvalue weighted by Gasteiger charge is -2.15. The van der Waals surface area contributed by atoms with Gasteiger partial charge in [-0.2, -0.15) is 0 Å². The number of thioether (sulfide) groups is 1. The van der Waals surface area contributed by atoms with Gasteiger partial charge in [0.2, 0.25) is 11.7 Å². The Hall–Kier alpha value is -5.42. The predicted molar refractivity (Wildman–Crippen MR) is 175 cm³/mol. The second-order valence-corrected chi connectivity index (χ2v) is 10.4. The van der Waals surface area contributed by atoms with Crippen molar-refractivity contribution in [3.05, 3.63) is 108 Å². The largest absolute Gasteiger partial charge is 0.497 e. The summed E-state index contributed by atoms with van der Waals surface area (Å²) in [5.74, 6) is 0.813. The summed E-state index contributed by atoms with van der Waals surface area (Å²) in [4.78, 5) is 39.9. The average Bonchev–Trinajstić information content (AvgIpc) is 3.07. The summed E-state index contributed by atoms with van der Waals surface area (Å²) in [6.07, 6.45) is 1.52. The Morgan fingerprint density at radius 3 is 2.02 bits per heavy atom. The summed E-state index contributed by atoms with van der Waals surface area (Å²) in [5, 5.41) is 8.41. The third-order valence-corrected chi connectivity index (χ3v) is 7.36. The molecule has 0 spiro atoms. The Bertz CT molecular complexity index is 1650. The van der Waals surface area contributed by atoms with Gasteiger partial charge in [0.1, 0.15) is 11.4 Å². The first-order chi connectivity index (χ1) is 21.8. The van der Waals surface area contributed by atoms with Gasteiger partial charge in [0.15, 0.2) is 11.5 Å². The maximum absolute atomic E-state index is 13.6. The zero-order valence-electron chi connectivity index (χ0n) is 25.2. The molecule has 0 aliphatic carbocycles. The number of carbonyl (C=O) groups is 3. The van der Waals surface area contributed by atoms with E-state index in [0.29, 0.717) is 45.5 Å². The van der Waals surface area contributed by atoms with Crippen LogP contribution < -0.4 is 34.9 Å². The third kappa shape index (κ3) is 9.04. The molecule has 0 saturated carbocycles. The molecule has 4 rings (SSSR count). The molecule has 0 heterocycles. The van der Waals surface area contributed by atoms with Crippen LogP contribution in [-0.2, 0) is 9.59 Å². The number of benzene rings is 4. The molecule has 0 atom stereocenters. The highest BCUT2D eigenvalue weighted by Gasteiger charge is 2.18. The lowest BCUT2D eigenvalue weighted by molar-refractivity contribution is -0.114. The number of ether oxygens (including phenoxy) is 4. The molecular formula is C34H33N3O7S. The monoisotopic (exact) mass is 627 g/mol. The summed E-state index contributed by atoms with van der Waals surface area (Å²) in [5.41, 5.74) is 2.02. The van der Waals surface area contributed by atoms with Crippen LogP contribution in [0.15, 0.2) is 102 Å². The predicted octanol–water partition coefficient (Wildman–Crippen LogP) is 5.86. The molecule has 0 saturated heterocycles. The number of hydrogen-bond donors (Lipinski definition) is 3. The van der Waals surface area contributed by atoms with Crippen molar-refractivity contribution in [2.45, 2.75) is 4.90 Å². The SMILES string of the molecule is COc1ccc(NC(=O)CSc2cccc(NC(=O)/C(=C\c3cc(OC)c(OC)c(OC)c3)NC(=O)c3ccccc3)c2)cc1. The van der Waals surface area contributed by atoms with E-state index >= 15 is 0 Å². The molecule has 45 heavy (non-hydrogen) atoms. The smallest absolute Gasteiger partial charge is 0.272 e. The van der Waals surface area contributed by atoms with Crippen molar-refractivity contribution in [2.24, 2.45) is 0 Å². The Morgan fingerprint density at radius 1 is 0.711 bits per heavy atom. The van der Waals surface area contributed by atoms with E-state index in [1.807, 2.05) is 6.07 Å². The van der Waals surface area contributed by atoms with E-state index in [1.165, 1.54) is 39.2 Å². The maximum Gasteiger partial charge on any atom is 0.272 e. The van der Waals surface area contributed by atoms with Crippen LogP contribution in [0.4, 0.5) is 11.4 Å². The van der Waals surface area contributed by atoms with Crippen LogP contribution in [0.2, 0.25) is 0 Å². The van der Waals surface area contributed by atoms with Gasteiger partial charge in [-0.05, 0) is 78.4 Å². The van der Waals surface area contributed by atoms with Gasteiger partial charge in [-0.15, -0.1) is 11.8 Å². The third-order valence-electron chi connectivity index (χ3n) is 6.36. The molecule has 10 nitrogen and oxygen atoms in total. The molecule has 0 aliphatic heterocycles. The number of anilines is 2. The molecule has 3 amide bonds. The van der Waals surface area contributed by atoms with Gasteiger partial charge < -0.3 is 34.9 Å². The van der Waals surface area contributed by atoms with Crippen molar-refractivity contribution in [1.29, 1.82) is 0 Å². The van der Waals surface area contributed by atoms with Crippen molar-refractivity contribution in [3.8, 4) is 23.0 Å². The Labute approximate surface area is 265 Å². The molecule has 3 N–H and O–H groups in total. The molecule has 232 valence electrons. The highest BCUT2D eigenvalue weighted by atomic mass is 32.2. The van der Waals surface area contributed by atoms with E-state index in [-0.39, 0.29) is 17.4 Å². The van der Waals surface area contributed by atoms with E-state index in [1.54, 1.807) is 92.0 Å². The number of carbonyl (C=O) groups excluding carboxylic acids is 3. The zero-order chi connectivity index (χ0) is 32.2. The van der Waals surface area contributed by atoms with E-state index in [0.717, 1.165) is 4.90 Å². The second-order valence-electron chi connectivity index (χ2n) is 9.38. The molecule has 11 heteroatoms. The topological polar surface area (TPSA) is 124 Å². The van der Waals surface area contributed by atoms with Gasteiger partial charge in [0.25, 0.3) is 11.8 Å². The minimum absolute atomic E-state index is 0.0185. The Morgan fingerprint density at radius 2 is 1.40 bits per heavy atom. The standard InChI is InChI=1S/C34H33N3O7S/c1-41-26-15-13-24(14-16-26)35-31(38)21-45-27-12-8-11-25(20-27)36-34(40)28(37-33(39)23-9-6-5-7-10-23)17-22-18-29(42-2)32(44-4)30(19-22)43-3/h5-20H,21H2,1-4H3,(H,35,38)(H,36,40)(H,37,39)/b28-17+. The molecule has 0 unspecified atom stereocenters. The molecular weight excluding hydrogens is 594 g/mol. The minimum atomic E-state index is -0.563. The first-order valence-electron chi connectivity index (χ1n) is 13.7. The lowest BCUT2D eigenvalue weighted by Crippen LogP contribution is -2.30. The highest BCUT2D eigenvalue weighted by Crippen LogP contribution is 2.38. The number of amides is 3. The van der Waals surface area contributed by atoms with Crippen LogP contribution in [0.25, 0.3) is 6.08 Å². The Kier molecular flexibility index (Phi) is 11.5. The number of methoxy groups -OCH3 is 4. The van der Waals surface area contributed by atoms with E-state index in [4.69, 9.17) is 18.9 Å². The van der Waals surface area contributed by atoms with E-state index < -0.39 is 11.8 Å². The van der Waals surface area contributed by atoms with Crippen molar-refractivity contribution >= 4 is 46.9 Å². The zero-order valence-corrected chi connectivity index (χ0v) is 26.0.